The van der Waals surface area contributed by atoms with E-state index in [0.717, 1.165) is 31.7 Å². The van der Waals surface area contributed by atoms with Crippen molar-refractivity contribution in [1.82, 2.24) is 0 Å². The summed E-state index contributed by atoms with van der Waals surface area (Å²) in [6.45, 7) is 2.22. The fourth-order valence-electron chi connectivity index (χ4n) is 4.01. The first kappa shape index (κ1) is 20.3. The smallest absolute Gasteiger partial charge is 0.207 e. The summed E-state index contributed by atoms with van der Waals surface area (Å²) in [6.07, 6.45) is 8.50. The number of hydrogen-bond acceptors (Lipinski definition) is 0. The minimum absolute atomic E-state index is 0.0723. The lowest BCUT2D eigenvalue weighted by Crippen LogP contribution is -2.15. The fraction of sp³-hybridized carbons (Fsp3) is 0.714. The number of hydrogen-bond donors (Lipinski definition) is 0. The highest BCUT2D eigenvalue weighted by molar-refractivity contribution is 5.29. The van der Waals surface area contributed by atoms with E-state index in [1.54, 1.807) is 0 Å². The first-order valence-corrected chi connectivity index (χ1v) is 9.78. The molecular weight excluding hydrogens is 328 g/mol. The highest BCUT2D eigenvalue weighted by Crippen LogP contribution is 2.40. The number of benzene rings is 1. The SMILES string of the molecule is CCCCCCCCC1CCC(c2ccc(C(F)(F)F)cc2F)CC1. The first-order chi connectivity index (χ1) is 11.9. The lowest BCUT2D eigenvalue weighted by atomic mass is 9.76. The molecule has 0 aliphatic heterocycles. The molecule has 0 N–H and O–H groups in total. The molecule has 1 aliphatic carbocycles. The van der Waals surface area contributed by atoms with Crippen LogP contribution in [-0.2, 0) is 6.18 Å². The Kier molecular flexibility index (Phi) is 7.77. The normalized spacial score (nSPS) is 21.5. The predicted molar refractivity (Wildman–Crippen MR) is 94.1 cm³/mol. The maximum absolute atomic E-state index is 14.1. The topological polar surface area (TPSA) is 0 Å². The Balaban J connectivity index is 1.76. The molecule has 0 atom stereocenters. The van der Waals surface area contributed by atoms with Crippen molar-refractivity contribution >= 4 is 0 Å². The van der Waals surface area contributed by atoms with Crippen LogP contribution in [0.3, 0.4) is 0 Å². The highest BCUT2D eigenvalue weighted by atomic mass is 19.4. The molecule has 0 radical (unpaired) electrons. The van der Waals surface area contributed by atoms with Gasteiger partial charge < -0.3 is 0 Å². The predicted octanol–water partition coefficient (Wildman–Crippen LogP) is 7.87. The minimum atomic E-state index is -4.48. The van der Waals surface area contributed by atoms with Crippen molar-refractivity contribution < 1.29 is 17.6 Å². The largest absolute Gasteiger partial charge is 0.416 e. The van der Waals surface area contributed by atoms with Crippen LogP contribution in [0.15, 0.2) is 18.2 Å². The maximum Gasteiger partial charge on any atom is 0.416 e. The van der Waals surface area contributed by atoms with E-state index in [2.05, 4.69) is 6.92 Å². The zero-order valence-electron chi connectivity index (χ0n) is 15.2. The molecule has 0 nitrogen and oxygen atoms in total. The Morgan fingerprint density at radius 1 is 0.920 bits per heavy atom. The molecule has 2 rings (SSSR count). The van der Waals surface area contributed by atoms with Gasteiger partial charge in [0.15, 0.2) is 0 Å². The van der Waals surface area contributed by atoms with Crippen molar-refractivity contribution in [3.63, 3.8) is 0 Å². The lowest BCUT2D eigenvalue weighted by molar-refractivity contribution is -0.137. The van der Waals surface area contributed by atoms with Crippen LogP contribution >= 0.6 is 0 Å². The summed E-state index contributed by atoms with van der Waals surface area (Å²) in [5.74, 6) is 0.0808. The van der Waals surface area contributed by atoms with Crippen LogP contribution in [0.5, 0.6) is 0 Å². The van der Waals surface area contributed by atoms with Gasteiger partial charge in [0.1, 0.15) is 5.82 Å². The number of halogens is 4. The average Bonchev–Trinajstić information content (AvgIpc) is 2.58. The molecule has 1 fully saturated rings. The van der Waals surface area contributed by atoms with Crippen LogP contribution in [0.2, 0.25) is 0 Å². The monoisotopic (exact) mass is 358 g/mol. The maximum atomic E-state index is 14.1. The fourth-order valence-corrected chi connectivity index (χ4v) is 4.01. The van der Waals surface area contributed by atoms with E-state index >= 15 is 0 Å². The molecule has 0 amide bonds. The van der Waals surface area contributed by atoms with Gasteiger partial charge in [-0.1, -0.05) is 57.9 Å². The molecule has 1 aliphatic rings. The second-order valence-corrected chi connectivity index (χ2v) is 7.51. The molecule has 142 valence electrons. The Morgan fingerprint density at radius 2 is 1.56 bits per heavy atom. The van der Waals surface area contributed by atoms with E-state index in [1.807, 2.05) is 0 Å². The molecule has 25 heavy (non-hydrogen) atoms. The summed E-state index contributed by atoms with van der Waals surface area (Å²) >= 11 is 0. The van der Waals surface area contributed by atoms with Crippen LogP contribution in [0.1, 0.15) is 94.6 Å². The van der Waals surface area contributed by atoms with E-state index < -0.39 is 17.6 Å². The Hall–Kier alpha value is -1.06. The quantitative estimate of drug-likeness (QED) is 0.327. The van der Waals surface area contributed by atoms with Crippen LogP contribution < -0.4 is 0 Å². The van der Waals surface area contributed by atoms with Crippen molar-refractivity contribution in [3.05, 3.63) is 35.1 Å². The molecule has 0 unspecified atom stereocenters. The highest BCUT2D eigenvalue weighted by Gasteiger charge is 2.32. The molecule has 0 heterocycles. The zero-order chi connectivity index (χ0) is 18.3. The third kappa shape index (κ3) is 6.31. The van der Waals surface area contributed by atoms with E-state index in [1.165, 1.54) is 51.0 Å². The van der Waals surface area contributed by atoms with Gasteiger partial charge in [-0.15, -0.1) is 0 Å². The minimum Gasteiger partial charge on any atom is -0.207 e. The van der Waals surface area contributed by atoms with E-state index in [9.17, 15) is 17.6 Å². The van der Waals surface area contributed by atoms with Crippen LogP contribution in [0, 0.1) is 11.7 Å². The van der Waals surface area contributed by atoms with Gasteiger partial charge in [0.2, 0.25) is 0 Å². The van der Waals surface area contributed by atoms with Crippen LogP contribution in [-0.4, -0.2) is 0 Å². The average molecular weight is 358 g/mol. The first-order valence-electron chi connectivity index (χ1n) is 9.78. The molecule has 0 bridgehead atoms. The van der Waals surface area contributed by atoms with Gasteiger partial charge in [0.05, 0.1) is 5.56 Å². The molecule has 1 saturated carbocycles. The van der Waals surface area contributed by atoms with Gasteiger partial charge in [0.25, 0.3) is 0 Å². The summed E-state index contributed by atoms with van der Waals surface area (Å²) < 4.78 is 52.0. The van der Waals surface area contributed by atoms with Crippen molar-refractivity contribution in [3.8, 4) is 0 Å². The van der Waals surface area contributed by atoms with Gasteiger partial charge in [-0.2, -0.15) is 13.2 Å². The van der Waals surface area contributed by atoms with Gasteiger partial charge in [-0.25, -0.2) is 4.39 Å². The van der Waals surface area contributed by atoms with Gasteiger partial charge in [0, 0.05) is 0 Å². The molecule has 0 saturated heterocycles. The van der Waals surface area contributed by atoms with Crippen molar-refractivity contribution in [1.29, 1.82) is 0 Å². The molecule has 0 aromatic heterocycles. The summed E-state index contributed by atoms with van der Waals surface area (Å²) in [5.41, 5.74) is -0.434. The third-order valence-corrected chi connectivity index (χ3v) is 5.58. The standard InChI is InChI=1S/C21H30F4/c1-2-3-4-5-6-7-8-16-9-11-17(12-10-16)19-14-13-18(15-20(19)22)21(23,24)25/h13-17H,2-12H2,1H3. The third-order valence-electron chi connectivity index (χ3n) is 5.58. The van der Waals surface area contributed by atoms with E-state index in [0.29, 0.717) is 17.5 Å². The molecule has 4 heteroatoms. The van der Waals surface area contributed by atoms with Gasteiger partial charge >= 0.3 is 6.18 Å². The number of alkyl halides is 3. The van der Waals surface area contributed by atoms with E-state index in [4.69, 9.17) is 0 Å². The van der Waals surface area contributed by atoms with Gasteiger partial charge in [-0.3, -0.25) is 0 Å². The summed E-state index contributed by atoms with van der Waals surface area (Å²) in [7, 11) is 0. The molecule has 0 spiro atoms. The Bertz CT molecular complexity index is 513. The molecular formula is C21H30F4. The summed E-state index contributed by atoms with van der Waals surface area (Å²) in [5, 5.41) is 0. The van der Waals surface area contributed by atoms with Crippen LogP contribution in [0.25, 0.3) is 0 Å². The number of rotatable bonds is 8. The van der Waals surface area contributed by atoms with Crippen molar-refractivity contribution in [2.45, 2.75) is 89.6 Å². The second-order valence-electron chi connectivity index (χ2n) is 7.51. The van der Waals surface area contributed by atoms with Gasteiger partial charge in [-0.05, 0) is 55.2 Å². The number of unbranched alkanes of at least 4 members (excludes halogenated alkanes) is 5. The molecule has 1 aromatic carbocycles. The van der Waals surface area contributed by atoms with Crippen molar-refractivity contribution in [2.75, 3.05) is 0 Å². The van der Waals surface area contributed by atoms with Crippen molar-refractivity contribution in [2.24, 2.45) is 5.92 Å². The zero-order valence-corrected chi connectivity index (χ0v) is 15.2. The molecule has 1 aromatic rings. The summed E-state index contributed by atoms with van der Waals surface area (Å²) in [4.78, 5) is 0. The van der Waals surface area contributed by atoms with E-state index in [-0.39, 0.29) is 5.92 Å². The Morgan fingerprint density at radius 3 is 2.16 bits per heavy atom. The van der Waals surface area contributed by atoms with Crippen LogP contribution in [0.4, 0.5) is 17.6 Å². The Labute approximate surface area is 149 Å². The second kappa shape index (κ2) is 9.59. The lowest BCUT2D eigenvalue weighted by Gasteiger charge is -2.29. The summed E-state index contributed by atoms with van der Waals surface area (Å²) in [6, 6.07) is 3.01.